The van der Waals surface area contributed by atoms with Gasteiger partial charge in [-0.1, -0.05) is 11.6 Å². The molecule has 0 atom stereocenters. The fraction of sp³-hybridized carbons (Fsp3) is 0.308. The molecule has 1 heterocycles. The molecule has 88 valence electrons. The second-order valence-corrected chi connectivity index (χ2v) is 5.01. The number of benzene rings is 1. The Morgan fingerprint density at radius 1 is 1.35 bits per heavy atom. The van der Waals surface area contributed by atoms with Crippen LogP contribution in [0, 0.1) is 0 Å². The van der Waals surface area contributed by atoms with E-state index in [1.165, 1.54) is 0 Å². The third-order valence-corrected chi connectivity index (χ3v) is 3.69. The van der Waals surface area contributed by atoms with Crippen LogP contribution in [0.15, 0.2) is 30.5 Å². The lowest BCUT2D eigenvalue weighted by Crippen LogP contribution is -2.30. The first-order valence-electron chi connectivity index (χ1n) is 5.76. The first-order valence-corrected chi connectivity index (χ1v) is 6.13. The number of nitrogens with two attached hydrogens (primary N) is 1. The minimum Gasteiger partial charge on any atom is -0.377 e. The zero-order valence-electron chi connectivity index (χ0n) is 9.41. The van der Waals surface area contributed by atoms with Crippen molar-refractivity contribution in [3.63, 3.8) is 0 Å². The molecule has 0 spiro atoms. The van der Waals surface area contributed by atoms with Crippen LogP contribution in [0.3, 0.4) is 0 Å². The van der Waals surface area contributed by atoms with Gasteiger partial charge in [-0.2, -0.15) is 0 Å². The summed E-state index contributed by atoms with van der Waals surface area (Å²) in [6, 6.07) is 7.76. The van der Waals surface area contributed by atoms with Gasteiger partial charge in [-0.25, -0.2) is 0 Å². The van der Waals surface area contributed by atoms with Crippen molar-refractivity contribution in [2.45, 2.75) is 18.4 Å². The highest BCUT2D eigenvalue weighted by Crippen LogP contribution is 2.39. The standard InChI is InChI=1S/C13H14ClN3/c14-10-3-4-11(17-13(8-15)5-6-13)12-9(10)2-1-7-16-12/h1-4,7,17H,5-6,8,15H2. The Hall–Kier alpha value is -1.32. The molecule has 0 amide bonds. The molecule has 1 aromatic carbocycles. The summed E-state index contributed by atoms with van der Waals surface area (Å²) in [5.74, 6) is 0. The number of anilines is 1. The van der Waals surface area contributed by atoms with Crippen LogP contribution in [0.5, 0.6) is 0 Å². The number of nitrogens with one attached hydrogen (secondary N) is 1. The van der Waals surface area contributed by atoms with Gasteiger partial charge in [0.2, 0.25) is 0 Å². The molecule has 17 heavy (non-hydrogen) atoms. The molecule has 1 aliphatic carbocycles. The van der Waals surface area contributed by atoms with Gasteiger partial charge in [0.1, 0.15) is 0 Å². The summed E-state index contributed by atoms with van der Waals surface area (Å²) < 4.78 is 0. The number of rotatable bonds is 3. The average Bonchev–Trinajstić information content (AvgIpc) is 3.14. The van der Waals surface area contributed by atoms with Crippen molar-refractivity contribution in [3.05, 3.63) is 35.5 Å². The summed E-state index contributed by atoms with van der Waals surface area (Å²) in [6.45, 7) is 0.657. The molecule has 1 saturated carbocycles. The Morgan fingerprint density at radius 3 is 2.88 bits per heavy atom. The predicted octanol–water partition coefficient (Wildman–Crippen LogP) is 2.79. The summed E-state index contributed by atoms with van der Waals surface area (Å²) >= 11 is 6.16. The highest BCUT2D eigenvalue weighted by atomic mass is 35.5. The van der Waals surface area contributed by atoms with E-state index >= 15 is 0 Å². The molecule has 4 heteroatoms. The van der Waals surface area contributed by atoms with E-state index < -0.39 is 0 Å². The summed E-state index contributed by atoms with van der Waals surface area (Å²) in [6.07, 6.45) is 4.03. The van der Waals surface area contributed by atoms with Gasteiger partial charge in [0.25, 0.3) is 0 Å². The smallest absolute Gasteiger partial charge is 0.0948 e. The van der Waals surface area contributed by atoms with E-state index in [9.17, 15) is 0 Å². The van der Waals surface area contributed by atoms with Crippen LogP contribution in [-0.4, -0.2) is 17.1 Å². The highest BCUT2D eigenvalue weighted by molar-refractivity contribution is 6.35. The molecule has 3 N–H and O–H groups in total. The van der Waals surface area contributed by atoms with Gasteiger partial charge in [0, 0.05) is 23.7 Å². The fourth-order valence-corrected chi connectivity index (χ4v) is 2.27. The van der Waals surface area contributed by atoms with Crippen molar-refractivity contribution in [2.24, 2.45) is 5.73 Å². The van der Waals surface area contributed by atoms with Gasteiger partial charge >= 0.3 is 0 Å². The molecular formula is C13H14ClN3. The average molecular weight is 248 g/mol. The maximum absolute atomic E-state index is 6.16. The Balaban J connectivity index is 2.08. The zero-order valence-corrected chi connectivity index (χ0v) is 10.2. The molecule has 0 radical (unpaired) electrons. The number of fused-ring (bicyclic) bond motifs is 1. The van der Waals surface area contributed by atoms with E-state index in [0.29, 0.717) is 6.54 Å². The second-order valence-electron chi connectivity index (χ2n) is 4.60. The molecule has 3 nitrogen and oxygen atoms in total. The van der Waals surface area contributed by atoms with Gasteiger partial charge in [-0.15, -0.1) is 0 Å². The summed E-state index contributed by atoms with van der Waals surface area (Å²) in [7, 11) is 0. The number of halogens is 1. The molecule has 0 bridgehead atoms. The number of nitrogens with zero attached hydrogens (tertiary/aromatic N) is 1. The minimum atomic E-state index is 0.0816. The highest BCUT2D eigenvalue weighted by Gasteiger charge is 2.41. The molecular weight excluding hydrogens is 234 g/mol. The lowest BCUT2D eigenvalue weighted by Gasteiger charge is -2.17. The fourth-order valence-electron chi connectivity index (χ4n) is 2.06. The van der Waals surface area contributed by atoms with Gasteiger partial charge in [-0.3, -0.25) is 4.98 Å². The molecule has 1 aliphatic rings. The molecule has 0 unspecified atom stereocenters. The van der Waals surface area contributed by atoms with Crippen molar-refractivity contribution in [2.75, 3.05) is 11.9 Å². The minimum absolute atomic E-state index is 0.0816. The first-order chi connectivity index (χ1) is 8.24. The van der Waals surface area contributed by atoms with E-state index in [1.807, 2.05) is 24.3 Å². The Morgan fingerprint density at radius 2 is 2.18 bits per heavy atom. The third kappa shape index (κ3) is 1.85. The molecule has 0 aliphatic heterocycles. The van der Waals surface area contributed by atoms with Crippen LogP contribution in [0.25, 0.3) is 10.9 Å². The van der Waals surface area contributed by atoms with Crippen LogP contribution in [0.4, 0.5) is 5.69 Å². The maximum Gasteiger partial charge on any atom is 0.0948 e. The molecule has 1 fully saturated rings. The van der Waals surface area contributed by atoms with Crippen molar-refractivity contribution >= 4 is 28.2 Å². The van der Waals surface area contributed by atoms with Crippen molar-refractivity contribution in [1.82, 2.24) is 4.98 Å². The van der Waals surface area contributed by atoms with Crippen molar-refractivity contribution in [3.8, 4) is 0 Å². The lowest BCUT2D eigenvalue weighted by molar-refractivity contribution is 0.743. The molecule has 0 saturated heterocycles. The monoisotopic (exact) mass is 247 g/mol. The Labute approximate surface area is 105 Å². The summed E-state index contributed by atoms with van der Waals surface area (Å²) in [4.78, 5) is 4.40. The van der Waals surface area contributed by atoms with Crippen LogP contribution < -0.4 is 11.1 Å². The Bertz CT molecular complexity index is 564. The van der Waals surface area contributed by atoms with Gasteiger partial charge in [-0.05, 0) is 37.1 Å². The zero-order chi connectivity index (χ0) is 11.9. The van der Waals surface area contributed by atoms with Crippen LogP contribution in [0.1, 0.15) is 12.8 Å². The van der Waals surface area contributed by atoms with Crippen molar-refractivity contribution in [1.29, 1.82) is 0 Å². The van der Waals surface area contributed by atoms with Gasteiger partial charge in [0.05, 0.1) is 16.2 Å². The molecule has 1 aromatic heterocycles. The van der Waals surface area contributed by atoms with Gasteiger partial charge < -0.3 is 11.1 Å². The Kier molecular flexibility index (Phi) is 2.45. The topological polar surface area (TPSA) is 50.9 Å². The molecule has 2 aromatic rings. The van der Waals surface area contributed by atoms with E-state index in [1.54, 1.807) is 6.20 Å². The summed E-state index contributed by atoms with van der Waals surface area (Å²) in [5.41, 5.74) is 7.80. The van der Waals surface area contributed by atoms with E-state index in [2.05, 4.69) is 10.3 Å². The van der Waals surface area contributed by atoms with Gasteiger partial charge in [0.15, 0.2) is 0 Å². The van der Waals surface area contributed by atoms with Crippen molar-refractivity contribution < 1.29 is 0 Å². The quantitative estimate of drug-likeness (QED) is 0.877. The largest absolute Gasteiger partial charge is 0.377 e. The lowest BCUT2D eigenvalue weighted by atomic mass is 10.1. The SMILES string of the molecule is NCC1(Nc2ccc(Cl)c3cccnc23)CC1. The van der Waals surface area contributed by atoms with E-state index in [-0.39, 0.29) is 5.54 Å². The van der Waals surface area contributed by atoms with Crippen LogP contribution >= 0.6 is 11.6 Å². The number of hydrogen-bond acceptors (Lipinski definition) is 3. The summed E-state index contributed by atoms with van der Waals surface area (Å²) in [5, 5.41) is 5.21. The second kappa shape index (κ2) is 3.86. The molecule has 3 rings (SSSR count). The number of hydrogen-bond donors (Lipinski definition) is 2. The normalized spacial score (nSPS) is 17.1. The third-order valence-electron chi connectivity index (χ3n) is 3.36. The first kappa shape index (κ1) is 10.8. The van der Waals surface area contributed by atoms with E-state index in [4.69, 9.17) is 17.3 Å². The number of aromatic nitrogens is 1. The van der Waals surface area contributed by atoms with Crippen LogP contribution in [-0.2, 0) is 0 Å². The number of pyridine rings is 1. The van der Waals surface area contributed by atoms with Crippen LogP contribution in [0.2, 0.25) is 5.02 Å². The van der Waals surface area contributed by atoms with E-state index in [0.717, 1.165) is 34.5 Å². The predicted molar refractivity (Wildman–Crippen MR) is 71.4 cm³/mol. The maximum atomic E-state index is 6.16.